The summed E-state index contributed by atoms with van der Waals surface area (Å²) in [5, 5.41) is 10.2. The number of likely N-dealkylation sites (tertiary alicyclic amines) is 2. The molecule has 9 nitrogen and oxygen atoms in total. The van der Waals surface area contributed by atoms with Crippen LogP contribution in [0.25, 0.3) is 10.9 Å². The van der Waals surface area contributed by atoms with Gasteiger partial charge in [0.1, 0.15) is 6.33 Å². The van der Waals surface area contributed by atoms with Crippen LogP contribution in [-0.4, -0.2) is 70.7 Å². The Morgan fingerprint density at radius 2 is 1.79 bits per heavy atom. The average Bonchev–Trinajstić information content (AvgIpc) is 3.18. The number of carbonyl (C=O) groups is 2. The minimum Gasteiger partial charge on any atom is -0.493 e. The zero-order chi connectivity index (χ0) is 20.6. The second-order valence-electron chi connectivity index (χ2n) is 7.40. The third-order valence-electron chi connectivity index (χ3n) is 6.03. The third kappa shape index (κ3) is 3.10. The number of hydrogen-bond donors (Lipinski definition) is 1. The van der Waals surface area contributed by atoms with Crippen LogP contribution in [0.2, 0.25) is 0 Å². The number of carboxylic acid groups (broad SMARTS) is 1. The van der Waals surface area contributed by atoms with Crippen LogP contribution in [-0.2, 0) is 10.3 Å². The van der Waals surface area contributed by atoms with Crippen molar-refractivity contribution in [3.8, 4) is 11.5 Å². The molecule has 0 aliphatic carbocycles. The second kappa shape index (κ2) is 7.38. The highest BCUT2D eigenvalue weighted by atomic mass is 16.5. The van der Waals surface area contributed by atoms with E-state index in [1.54, 1.807) is 20.3 Å². The van der Waals surface area contributed by atoms with E-state index in [4.69, 9.17) is 9.47 Å². The van der Waals surface area contributed by atoms with Gasteiger partial charge in [0.05, 0.1) is 31.0 Å². The lowest BCUT2D eigenvalue weighted by Gasteiger charge is -2.46. The first kappa shape index (κ1) is 19.2. The van der Waals surface area contributed by atoms with Crippen LogP contribution in [0, 0.1) is 0 Å². The van der Waals surface area contributed by atoms with Gasteiger partial charge in [0.2, 0.25) is 5.91 Å². The monoisotopic (exact) mass is 400 g/mol. The topological polar surface area (TPSA) is 105 Å². The molecule has 2 saturated heterocycles. The van der Waals surface area contributed by atoms with Gasteiger partial charge in [0.15, 0.2) is 11.5 Å². The molecule has 0 bridgehead atoms. The van der Waals surface area contributed by atoms with Crippen molar-refractivity contribution in [2.75, 3.05) is 33.9 Å². The van der Waals surface area contributed by atoms with Crippen LogP contribution < -0.4 is 9.47 Å². The van der Waals surface area contributed by atoms with Crippen LogP contribution in [0.15, 0.2) is 18.5 Å². The molecular formula is C20H24N4O5. The summed E-state index contributed by atoms with van der Waals surface area (Å²) in [6.45, 7) is 1.33. The highest BCUT2D eigenvalue weighted by Crippen LogP contribution is 2.44. The number of amides is 2. The standard InChI is InChI=1S/C20H24N4O5/c1-28-15-10-13-14(11-16(15)29-2)21-12-22-18(13)20(24-7-3-4-17(24)25)5-8-23(9-6-20)19(26)27/h10-12H,3-9H2,1-2H3,(H,26,27). The smallest absolute Gasteiger partial charge is 0.407 e. The van der Waals surface area contributed by atoms with Crippen molar-refractivity contribution in [2.24, 2.45) is 0 Å². The lowest BCUT2D eigenvalue weighted by Crippen LogP contribution is -2.55. The van der Waals surface area contributed by atoms with E-state index in [1.807, 2.05) is 11.0 Å². The molecule has 0 spiro atoms. The quantitative estimate of drug-likeness (QED) is 0.839. The molecular weight excluding hydrogens is 376 g/mol. The van der Waals surface area contributed by atoms with Gasteiger partial charge in [0.25, 0.3) is 0 Å². The molecule has 29 heavy (non-hydrogen) atoms. The summed E-state index contributed by atoms with van der Waals surface area (Å²) in [4.78, 5) is 36.5. The van der Waals surface area contributed by atoms with E-state index in [-0.39, 0.29) is 5.91 Å². The molecule has 1 aromatic carbocycles. The SMILES string of the molecule is COc1cc2ncnc(C3(N4CCCC4=O)CCN(C(=O)O)CC3)c2cc1OC. The van der Waals surface area contributed by atoms with E-state index >= 15 is 0 Å². The lowest BCUT2D eigenvalue weighted by atomic mass is 9.80. The average molecular weight is 400 g/mol. The summed E-state index contributed by atoms with van der Waals surface area (Å²) in [5.41, 5.74) is 0.767. The molecule has 2 aromatic rings. The van der Waals surface area contributed by atoms with Crippen LogP contribution in [0.5, 0.6) is 11.5 Å². The zero-order valence-electron chi connectivity index (χ0n) is 16.6. The van der Waals surface area contributed by atoms with Crippen LogP contribution >= 0.6 is 0 Å². The van der Waals surface area contributed by atoms with Crippen molar-refractivity contribution in [2.45, 2.75) is 31.2 Å². The summed E-state index contributed by atoms with van der Waals surface area (Å²) in [6, 6.07) is 3.64. The van der Waals surface area contributed by atoms with Gasteiger partial charge in [-0.1, -0.05) is 0 Å². The predicted octanol–water partition coefficient (Wildman–Crippen LogP) is 2.24. The Balaban J connectivity index is 1.88. The zero-order valence-corrected chi connectivity index (χ0v) is 16.6. The number of aromatic nitrogens is 2. The minimum atomic E-state index is -0.940. The summed E-state index contributed by atoms with van der Waals surface area (Å²) in [6.07, 6.45) is 2.84. The fourth-order valence-corrected chi connectivity index (χ4v) is 4.56. The molecule has 0 radical (unpaired) electrons. The van der Waals surface area contributed by atoms with E-state index in [9.17, 15) is 14.7 Å². The van der Waals surface area contributed by atoms with Gasteiger partial charge in [0, 0.05) is 37.5 Å². The molecule has 0 atom stereocenters. The highest BCUT2D eigenvalue weighted by molar-refractivity contribution is 5.87. The third-order valence-corrected chi connectivity index (χ3v) is 6.03. The Morgan fingerprint density at radius 3 is 2.38 bits per heavy atom. The highest BCUT2D eigenvalue weighted by Gasteiger charge is 2.47. The summed E-state index contributed by atoms with van der Waals surface area (Å²) < 4.78 is 10.9. The largest absolute Gasteiger partial charge is 0.493 e. The number of nitrogens with zero attached hydrogens (tertiary/aromatic N) is 4. The minimum absolute atomic E-state index is 0.0843. The maximum Gasteiger partial charge on any atom is 0.407 e. The summed E-state index contributed by atoms with van der Waals surface area (Å²) in [5.74, 6) is 1.21. The van der Waals surface area contributed by atoms with E-state index < -0.39 is 11.6 Å². The van der Waals surface area contributed by atoms with E-state index in [0.717, 1.165) is 17.5 Å². The van der Waals surface area contributed by atoms with Crippen LogP contribution in [0.4, 0.5) is 4.79 Å². The Labute approximate surface area is 168 Å². The molecule has 2 amide bonds. The van der Waals surface area contributed by atoms with Crippen molar-refractivity contribution in [3.63, 3.8) is 0 Å². The van der Waals surface area contributed by atoms with Gasteiger partial charge in [-0.15, -0.1) is 0 Å². The van der Waals surface area contributed by atoms with Gasteiger partial charge >= 0.3 is 6.09 Å². The molecule has 154 valence electrons. The number of methoxy groups -OCH3 is 2. The maximum atomic E-state index is 12.7. The Bertz CT molecular complexity index is 955. The predicted molar refractivity (Wildman–Crippen MR) is 104 cm³/mol. The molecule has 9 heteroatoms. The molecule has 2 fully saturated rings. The van der Waals surface area contributed by atoms with Gasteiger partial charge < -0.3 is 24.4 Å². The fourth-order valence-electron chi connectivity index (χ4n) is 4.56. The number of carbonyl (C=O) groups excluding carboxylic acids is 1. The first-order valence-corrected chi connectivity index (χ1v) is 9.66. The molecule has 0 saturated carbocycles. The fraction of sp³-hybridized carbons (Fsp3) is 0.500. The van der Waals surface area contributed by atoms with Crippen LogP contribution in [0.3, 0.4) is 0 Å². The molecule has 0 unspecified atom stereocenters. The Morgan fingerprint density at radius 1 is 1.10 bits per heavy atom. The van der Waals surface area contributed by atoms with E-state index in [1.165, 1.54) is 11.2 Å². The van der Waals surface area contributed by atoms with Crippen molar-refractivity contribution >= 4 is 22.9 Å². The molecule has 2 aliphatic rings. The molecule has 3 heterocycles. The molecule has 4 rings (SSSR count). The first-order valence-electron chi connectivity index (χ1n) is 9.66. The second-order valence-corrected chi connectivity index (χ2v) is 7.40. The normalized spacial score (nSPS) is 18.9. The lowest BCUT2D eigenvalue weighted by molar-refractivity contribution is -0.135. The number of ether oxygens (including phenoxy) is 2. The summed E-state index contributed by atoms with van der Waals surface area (Å²) in [7, 11) is 3.13. The maximum absolute atomic E-state index is 12.7. The Hall–Kier alpha value is -3.10. The van der Waals surface area contributed by atoms with Crippen molar-refractivity contribution < 1.29 is 24.2 Å². The van der Waals surface area contributed by atoms with Crippen LogP contribution in [0.1, 0.15) is 31.4 Å². The van der Waals surface area contributed by atoms with Gasteiger partial charge in [-0.2, -0.15) is 0 Å². The Kier molecular flexibility index (Phi) is 4.89. The summed E-state index contributed by atoms with van der Waals surface area (Å²) >= 11 is 0. The molecule has 1 aromatic heterocycles. The van der Waals surface area contributed by atoms with Gasteiger partial charge in [-0.3, -0.25) is 4.79 Å². The first-order chi connectivity index (χ1) is 14.0. The van der Waals surface area contributed by atoms with E-state index in [0.29, 0.717) is 55.9 Å². The molecule has 2 aliphatic heterocycles. The van der Waals surface area contributed by atoms with Crippen molar-refractivity contribution in [1.29, 1.82) is 0 Å². The number of benzene rings is 1. The van der Waals surface area contributed by atoms with Crippen molar-refractivity contribution in [3.05, 3.63) is 24.2 Å². The van der Waals surface area contributed by atoms with Gasteiger partial charge in [-0.05, 0) is 25.3 Å². The van der Waals surface area contributed by atoms with Gasteiger partial charge in [-0.25, -0.2) is 14.8 Å². The number of hydrogen-bond acceptors (Lipinski definition) is 6. The molecule has 1 N–H and O–H groups in total. The van der Waals surface area contributed by atoms with E-state index in [2.05, 4.69) is 9.97 Å². The van der Waals surface area contributed by atoms with Crippen molar-refractivity contribution in [1.82, 2.24) is 19.8 Å². The number of rotatable bonds is 4. The number of piperidine rings is 1. The number of fused-ring (bicyclic) bond motifs is 1.